The Morgan fingerprint density at radius 2 is 1.65 bits per heavy atom. The fourth-order valence-electron chi connectivity index (χ4n) is 4.21. The molecule has 2 aliphatic rings. The molecule has 1 aromatic rings. The largest absolute Gasteiger partial charge is 0.375 e. The van der Waals surface area contributed by atoms with Gasteiger partial charge in [-0.1, -0.05) is 24.3 Å². The fourth-order valence-corrected chi connectivity index (χ4v) is 4.21. The van der Waals surface area contributed by atoms with Gasteiger partial charge in [-0.15, -0.1) is 24.8 Å². The molecule has 2 saturated heterocycles. The van der Waals surface area contributed by atoms with Crippen molar-refractivity contribution in [2.24, 2.45) is 0 Å². The standard InChI is InChI=1S/C20H33N3O.2ClH/c1-22(2)15-17-6-4-5-7-18(17)16-23(3)19-8-13-24-20(14-19)9-11-21-12-10-20;;/h4-7,19,21H,8-16H2,1-3H3;2*1H. The third-order valence-corrected chi connectivity index (χ3v) is 5.63. The third-order valence-electron chi connectivity index (χ3n) is 5.63. The Hall–Kier alpha value is -0.360. The van der Waals surface area contributed by atoms with Gasteiger partial charge in [-0.2, -0.15) is 0 Å². The van der Waals surface area contributed by atoms with E-state index in [0.717, 1.165) is 52.0 Å². The summed E-state index contributed by atoms with van der Waals surface area (Å²) >= 11 is 0. The molecule has 1 unspecified atom stereocenters. The lowest BCUT2D eigenvalue weighted by molar-refractivity contribution is -0.119. The van der Waals surface area contributed by atoms with Gasteiger partial charge in [-0.3, -0.25) is 4.90 Å². The van der Waals surface area contributed by atoms with Crippen LogP contribution in [0.3, 0.4) is 0 Å². The average Bonchev–Trinajstić information content (AvgIpc) is 2.57. The molecule has 1 aromatic carbocycles. The highest BCUT2D eigenvalue weighted by Gasteiger charge is 2.39. The summed E-state index contributed by atoms with van der Waals surface area (Å²) in [7, 11) is 6.57. The molecule has 1 spiro atoms. The lowest BCUT2D eigenvalue weighted by atomic mass is 9.82. The summed E-state index contributed by atoms with van der Waals surface area (Å²) in [5.41, 5.74) is 3.03. The van der Waals surface area contributed by atoms with Gasteiger partial charge >= 0.3 is 0 Å². The van der Waals surface area contributed by atoms with E-state index in [0.29, 0.717) is 6.04 Å². The molecule has 4 nitrogen and oxygen atoms in total. The minimum Gasteiger partial charge on any atom is -0.375 e. The van der Waals surface area contributed by atoms with E-state index >= 15 is 0 Å². The summed E-state index contributed by atoms with van der Waals surface area (Å²) in [6, 6.07) is 9.50. The van der Waals surface area contributed by atoms with E-state index in [1.807, 2.05) is 0 Å². The first-order chi connectivity index (χ1) is 11.6. The summed E-state index contributed by atoms with van der Waals surface area (Å²) in [6.07, 6.45) is 4.66. The Kier molecular flexibility index (Phi) is 9.87. The van der Waals surface area contributed by atoms with Gasteiger partial charge in [0.05, 0.1) is 5.60 Å². The number of nitrogens with one attached hydrogen (secondary N) is 1. The highest BCUT2D eigenvalue weighted by atomic mass is 35.5. The average molecular weight is 404 g/mol. The molecular weight excluding hydrogens is 369 g/mol. The SMILES string of the molecule is CN(C)Cc1ccccc1CN(C)C1CCOC2(CCNCC2)C1.Cl.Cl. The molecule has 0 saturated carbocycles. The van der Waals surface area contributed by atoms with Crippen molar-refractivity contribution in [3.05, 3.63) is 35.4 Å². The molecule has 0 amide bonds. The van der Waals surface area contributed by atoms with Crippen LogP contribution < -0.4 is 5.32 Å². The van der Waals surface area contributed by atoms with E-state index in [-0.39, 0.29) is 30.4 Å². The first kappa shape index (κ1) is 23.7. The molecule has 26 heavy (non-hydrogen) atoms. The van der Waals surface area contributed by atoms with Crippen molar-refractivity contribution in [3.8, 4) is 0 Å². The number of rotatable bonds is 5. The van der Waals surface area contributed by atoms with Crippen LogP contribution in [0.2, 0.25) is 0 Å². The first-order valence-electron chi connectivity index (χ1n) is 9.34. The van der Waals surface area contributed by atoms with Gasteiger partial charge in [-0.05, 0) is 71.0 Å². The summed E-state index contributed by atoms with van der Waals surface area (Å²) < 4.78 is 6.24. The van der Waals surface area contributed by atoms with Gasteiger partial charge in [0.15, 0.2) is 0 Å². The third kappa shape index (κ3) is 6.08. The lowest BCUT2D eigenvalue weighted by Gasteiger charge is -2.46. The van der Waals surface area contributed by atoms with Crippen LogP contribution >= 0.6 is 24.8 Å². The molecule has 6 heteroatoms. The summed E-state index contributed by atoms with van der Waals surface area (Å²) in [4.78, 5) is 4.80. The Balaban J connectivity index is 0.00000169. The minimum atomic E-state index is 0. The molecule has 2 fully saturated rings. The number of hydrogen-bond donors (Lipinski definition) is 1. The van der Waals surface area contributed by atoms with E-state index in [9.17, 15) is 0 Å². The first-order valence-corrected chi connectivity index (χ1v) is 9.34. The number of hydrogen-bond acceptors (Lipinski definition) is 4. The van der Waals surface area contributed by atoms with Crippen molar-refractivity contribution >= 4 is 24.8 Å². The smallest absolute Gasteiger partial charge is 0.0721 e. The van der Waals surface area contributed by atoms with Gasteiger partial charge in [0.2, 0.25) is 0 Å². The van der Waals surface area contributed by atoms with Gasteiger partial charge < -0.3 is 15.0 Å². The van der Waals surface area contributed by atoms with Crippen LogP contribution in [0.4, 0.5) is 0 Å². The number of nitrogens with zero attached hydrogens (tertiary/aromatic N) is 2. The van der Waals surface area contributed by atoms with Crippen LogP contribution in [-0.2, 0) is 17.8 Å². The van der Waals surface area contributed by atoms with Crippen molar-refractivity contribution in [2.75, 3.05) is 40.8 Å². The van der Waals surface area contributed by atoms with Gasteiger partial charge in [0.1, 0.15) is 0 Å². The predicted octanol–water partition coefficient (Wildman–Crippen LogP) is 3.32. The topological polar surface area (TPSA) is 27.7 Å². The molecule has 0 radical (unpaired) electrons. The predicted molar refractivity (Wildman–Crippen MR) is 114 cm³/mol. The molecule has 0 bridgehead atoms. The van der Waals surface area contributed by atoms with Crippen molar-refractivity contribution < 1.29 is 4.74 Å². The molecular formula is C20H35Cl2N3O. The Bertz CT molecular complexity index is 530. The van der Waals surface area contributed by atoms with Crippen molar-refractivity contribution in [3.63, 3.8) is 0 Å². The maximum atomic E-state index is 6.24. The molecule has 2 aliphatic heterocycles. The quantitative estimate of drug-likeness (QED) is 0.815. The molecule has 1 N–H and O–H groups in total. The molecule has 2 heterocycles. The van der Waals surface area contributed by atoms with Gasteiger partial charge in [0.25, 0.3) is 0 Å². The monoisotopic (exact) mass is 403 g/mol. The van der Waals surface area contributed by atoms with Gasteiger partial charge in [0, 0.05) is 25.7 Å². The second-order valence-electron chi connectivity index (χ2n) is 7.85. The highest BCUT2D eigenvalue weighted by molar-refractivity contribution is 5.85. The molecule has 3 rings (SSSR count). The summed E-state index contributed by atoms with van der Waals surface area (Å²) in [6.45, 7) is 5.15. The zero-order chi connectivity index (χ0) is 17.0. The molecule has 0 aromatic heterocycles. The Labute approximate surface area is 171 Å². The van der Waals surface area contributed by atoms with Crippen LogP contribution in [0.1, 0.15) is 36.8 Å². The number of benzene rings is 1. The van der Waals surface area contributed by atoms with Crippen molar-refractivity contribution in [1.82, 2.24) is 15.1 Å². The fraction of sp³-hybridized carbons (Fsp3) is 0.700. The number of ether oxygens (including phenoxy) is 1. The second kappa shape index (κ2) is 10.8. The molecule has 0 aliphatic carbocycles. The Morgan fingerprint density at radius 1 is 1.04 bits per heavy atom. The molecule has 150 valence electrons. The van der Waals surface area contributed by atoms with E-state index in [4.69, 9.17) is 4.74 Å². The maximum absolute atomic E-state index is 6.24. The zero-order valence-electron chi connectivity index (χ0n) is 16.4. The summed E-state index contributed by atoms with van der Waals surface area (Å²) in [5, 5.41) is 3.47. The maximum Gasteiger partial charge on any atom is 0.0721 e. The normalized spacial score (nSPS) is 22.1. The summed E-state index contributed by atoms with van der Waals surface area (Å²) in [5.74, 6) is 0. The highest BCUT2D eigenvalue weighted by Crippen LogP contribution is 2.35. The van der Waals surface area contributed by atoms with E-state index in [1.54, 1.807) is 0 Å². The van der Waals surface area contributed by atoms with Crippen LogP contribution in [-0.4, -0.2) is 62.3 Å². The van der Waals surface area contributed by atoms with E-state index in [2.05, 4.69) is 60.5 Å². The van der Waals surface area contributed by atoms with Gasteiger partial charge in [-0.25, -0.2) is 0 Å². The van der Waals surface area contributed by atoms with E-state index < -0.39 is 0 Å². The second-order valence-corrected chi connectivity index (χ2v) is 7.85. The number of piperidine rings is 1. The Morgan fingerprint density at radius 3 is 2.27 bits per heavy atom. The van der Waals surface area contributed by atoms with Crippen LogP contribution in [0.25, 0.3) is 0 Å². The zero-order valence-corrected chi connectivity index (χ0v) is 18.0. The van der Waals surface area contributed by atoms with Crippen LogP contribution in [0.5, 0.6) is 0 Å². The minimum absolute atomic E-state index is 0. The molecule has 1 atom stereocenters. The van der Waals surface area contributed by atoms with E-state index in [1.165, 1.54) is 17.5 Å². The van der Waals surface area contributed by atoms with Crippen molar-refractivity contribution in [2.45, 2.75) is 50.4 Å². The van der Waals surface area contributed by atoms with Crippen LogP contribution in [0, 0.1) is 0 Å². The van der Waals surface area contributed by atoms with Crippen LogP contribution in [0.15, 0.2) is 24.3 Å². The van der Waals surface area contributed by atoms with Crippen molar-refractivity contribution in [1.29, 1.82) is 0 Å². The lowest BCUT2D eigenvalue weighted by Crippen LogP contribution is -2.52. The number of halogens is 2.